The average molecular weight is 441 g/mol. The van der Waals surface area contributed by atoms with Crippen LogP contribution in [0, 0.1) is 0 Å². The summed E-state index contributed by atoms with van der Waals surface area (Å²) in [6.45, 7) is 4.93. The fraction of sp³-hybridized carbons (Fsp3) is 0.214. The van der Waals surface area contributed by atoms with Crippen LogP contribution in [0.25, 0.3) is 11.1 Å². The number of rotatable bonds is 7. The summed E-state index contributed by atoms with van der Waals surface area (Å²) >= 11 is 0. The molecule has 168 valence electrons. The lowest BCUT2D eigenvalue weighted by Gasteiger charge is -2.42. The first-order chi connectivity index (χ1) is 16.1. The van der Waals surface area contributed by atoms with E-state index < -0.39 is 5.60 Å². The van der Waals surface area contributed by atoms with Crippen LogP contribution < -0.4 is 5.32 Å². The fourth-order valence-corrected chi connectivity index (χ4v) is 4.25. The standard InChI is InChI=1S/C28H28N2O3/c1-2-17-29-27(32)28(20-24-15-9-10-16-25(24)22-11-5-3-6-12-22)21-30(18-19-33-28)26(31)23-13-7-4-8-14-23/h2-16H,1,17-21H2,(H,29,32). The van der Waals surface area contributed by atoms with Crippen LogP contribution in [-0.4, -0.2) is 48.6 Å². The molecule has 0 bridgehead atoms. The van der Waals surface area contributed by atoms with Gasteiger partial charge in [-0.25, -0.2) is 0 Å². The predicted octanol–water partition coefficient (Wildman–Crippen LogP) is 4.11. The van der Waals surface area contributed by atoms with Gasteiger partial charge in [0.25, 0.3) is 11.8 Å². The molecule has 1 unspecified atom stereocenters. The van der Waals surface area contributed by atoms with Crippen LogP contribution in [0.15, 0.2) is 97.6 Å². The second-order valence-electron chi connectivity index (χ2n) is 8.13. The third-order valence-corrected chi connectivity index (χ3v) is 5.89. The molecule has 1 aliphatic rings. The first-order valence-electron chi connectivity index (χ1n) is 11.1. The lowest BCUT2D eigenvalue weighted by Crippen LogP contribution is -2.62. The van der Waals surface area contributed by atoms with E-state index in [0.717, 1.165) is 16.7 Å². The minimum atomic E-state index is -1.20. The number of hydrogen-bond acceptors (Lipinski definition) is 3. The number of amides is 2. The maximum absolute atomic E-state index is 13.4. The highest BCUT2D eigenvalue weighted by atomic mass is 16.5. The largest absolute Gasteiger partial charge is 0.361 e. The highest BCUT2D eigenvalue weighted by Crippen LogP contribution is 2.31. The van der Waals surface area contributed by atoms with Gasteiger partial charge in [0.15, 0.2) is 5.60 Å². The van der Waals surface area contributed by atoms with Gasteiger partial charge in [-0.2, -0.15) is 0 Å². The van der Waals surface area contributed by atoms with Crippen LogP contribution in [0.5, 0.6) is 0 Å². The maximum Gasteiger partial charge on any atom is 0.254 e. The molecular weight excluding hydrogens is 412 g/mol. The number of carbonyl (C=O) groups excluding carboxylic acids is 2. The van der Waals surface area contributed by atoms with Crippen LogP contribution in [0.4, 0.5) is 0 Å². The van der Waals surface area contributed by atoms with Gasteiger partial charge in [-0.1, -0.05) is 78.9 Å². The molecule has 0 aliphatic carbocycles. The lowest BCUT2D eigenvalue weighted by molar-refractivity contribution is -0.157. The van der Waals surface area contributed by atoms with Crippen molar-refractivity contribution in [3.8, 4) is 11.1 Å². The molecule has 0 saturated carbocycles. The van der Waals surface area contributed by atoms with Gasteiger partial charge in [0.2, 0.25) is 0 Å². The Labute approximate surface area is 194 Å². The van der Waals surface area contributed by atoms with Gasteiger partial charge in [-0.15, -0.1) is 6.58 Å². The van der Waals surface area contributed by atoms with E-state index >= 15 is 0 Å². The van der Waals surface area contributed by atoms with Gasteiger partial charge >= 0.3 is 0 Å². The zero-order chi connectivity index (χ0) is 23.1. The van der Waals surface area contributed by atoms with Crippen LogP contribution in [0.1, 0.15) is 15.9 Å². The second kappa shape index (κ2) is 10.3. The summed E-state index contributed by atoms with van der Waals surface area (Å²) in [5.41, 5.74) is 2.51. The molecule has 1 heterocycles. The first kappa shape index (κ1) is 22.5. The Balaban J connectivity index is 1.68. The van der Waals surface area contributed by atoms with Crippen molar-refractivity contribution < 1.29 is 14.3 Å². The van der Waals surface area contributed by atoms with E-state index in [-0.39, 0.29) is 25.0 Å². The zero-order valence-corrected chi connectivity index (χ0v) is 18.6. The summed E-state index contributed by atoms with van der Waals surface area (Å²) in [6, 6.07) is 27.2. The SMILES string of the molecule is C=CCNC(=O)C1(Cc2ccccc2-c2ccccc2)CN(C(=O)c2ccccc2)CCO1. The summed E-state index contributed by atoms with van der Waals surface area (Å²) in [7, 11) is 0. The molecule has 0 spiro atoms. The van der Waals surface area contributed by atoms with Crippen LogP contribution in [0.3, 0.4) is 0 Å². The molecule has 3 aromatic rings. The van der Waals surface area contributed by atoms with Crippen LogP contribution in [0.2, 0.25) is 0 Å². The summed E-state index contributed by atoms with van der Waals surface area (Å²) < 4.78 is 6.20. The van der Waals surface area contributed by atoms with Crippen LogP contribution >= 0.6 is 0 Å². The van der Waals surface area contributed by atoms with E-state index in [4.69, 9.17) is 4.74 Å². The van der Waals surface area contributed by atoms with Gasteiger partial charge in [0.1, 0.15) is 0 Å². The average Bonchev–Trinajstić information content (AvgIpc) is 2.88. The Morgan fingerprint density at radius 3 is 2.36 bits per heavy atom. The van der Waals surface area contributed by atoms with Gasteiger partial charge in [-0.3, -0.25) is 9.59 Å². The summed E-state index contributed by atoms with van der Waals surface area (Å²) in [4.78, 5) is 28.3. The smallest absolute Gasteiger partial charge is 0.254 e. The normalized spacial score (nSPS) is 17.9. The van der Waals surface area contributed by atoms with E-state index in [1.165, 1.54) is 0 Å². The molecule has 0 aromatic heterocycles. The second-order valence-corrected chi connectivity index (χ2v) is 8.13. The molecule has 1 saturated heterocycles. The first-order valence-corrected chi connectivity index (χ1v) is 11.1. The van der Waals surface area contributed by atoms with Gasteiger partial charge in [-0.05, 0) is 28.8 Å². The summed E-state index contributed by atoms with van der Waals surface area (Å²) in [6.07, 6.45) is 1.98. The third kappa shape index (κ3) is 5.04. The van der Waals surface area contributed by atoms with Crippen molar-refractivity contribution in [3.63, 3.8) is 0 Å². The molecule has 0 radical (unpaired) electrons. The Morgan fingerprint density at radius 1 is 0.970 bits per heavy atom. The van der Waals surface area contributed by atoms with Gasteiger partial charge in [0, 0.05) is 25.1 Å². The van der Waals surface area contributed by atoms with E-state index in [0.29, 0.717) is 25.1 Å². The van der Waals surface area contributed by atoms with Crippen molar-refractivity contribution in [3.05, 3.63) is 109 Å². The molecule has 5 heteroatoms. The lowest BCUT2D eigenvalue weighted by atomic mass is 9.87. The summed E-state index contributed by atoms with van der Waals surface area (Å²) in [5.74, 6) is -0.341. The summed E-state index contributed by atoms with van der Waals surface area (Å²) in [5, 5.41) is 2.90. The van der Waals surface area contributed by atoms with Crippen molar-refractivity contribution in [2.45, 2.75) is 12.0 Å². The highest BCUT2D eigenvalue weighted by molar-refractivity contribution is 5.95. The Kier molecular flexibility index (Phi) is 7.01. The van der Waals surface area contributed by atoms with E-state index in [1.54, 1.807) is 23.1 Å². The molecular formula is C28H28N2O3. The molecule has 1 fully saturated rings. The molecule has 33 heavy (non-hydrogen) atoms. The number of nitrogens with one attached hydrogen (secondary N) is 1. The molecule has 1 N–H and O–H groups in total. The highest BCUT2D eigenvalue weighted by Gasteiger charge is 2.45. The Bertz CT molecular complexity index is 1110. The number of nitrogens with zero attached hydrogens (tertiary/aromatic N) is 1. The minimum Gasteiger partial charge on any atom is -0.361 e. The number of hydrogen-bond donors (Lipinski definition) is 1. The van der Waals surface area contributed by atoms with E-state index in [1.807, 2.05) is 54.6 Å². The molecule has 4 rings (SSSR count). The maximum atomic E-state index is 13.4. The third-order valence-electron chi connectivity index (χ3n) is 5.89. The molecule has 1 atom stereocenters. The molecule has 3 aromatic carbocycles. The van der Waals surface area contributed by atoms with Crippen LogP contribution in [-0.2, 0) is 16.0 Å². The number of carbonyl (C=O) groups is 2. The van der Waals surface area contributed by atoms with Crippen molar-refractivity contribution in [1.29, 1.82) is 0 Å². The molecule has 1 aliphatic heterocycles. The van der Waals surface area contributed by atoms with Crippen molar-refractivity contribution >= 4 is 11.8 Å². The minimum absolute atomic E-state index is 0.101. The van der Waals surface area contributed by atoms with Gasteiger partial charge < -0.3 is 15.0 Å². The Hall–Kier alpha value is -3.70. The number of ether oxygens (including phenoxy) is 1. The fourth-order valence-electron chi connectivity index (χ4n) is 4.25. The Morgan fingerprint density at radius 2 is 1.64 bits per heavy atom. The number of benzene rings is 3. The van der Waals surface area contributed by atoms with E-state index in [2.05, 4.69) is 30.1 Å². The van der Waals surface area contributed by atoms with Gasteiger partial charge in [0.05, 0.1) is 13.2 Å². The van der Waals surface area contributed by atoms with Crippen molar-refractivity contribution in [2.75, 3.05) is 26.2 Å². The quantitative estimate of drug-likeness (QED) is 0.563. The number of morpholine rings is 1. The zero-order valence-electron chi connectivity index (χ0n) is 18.6. The monoisotopic (exact) mass is 440 g/mol. The molecule has 5 nitrogen and oxygen atoms in total. The topological polar surface area (TPSA) is 58.6 Å². The van der Waals surface area contributed by atoms with E-state index in [9.17, 15) is 9.59 Å². The predicted molar refractivity (Wildman–Crippen MR) is 130 cm³/mol. The molecule has 2 amide bonds. The van der Waals surface area contributed by atoms with Crippen molar-refractivity contribution in [1.82, 2.24) is 10.2 Å². The van der Waals surface area contributed by atoms with Crippen molar-refractivity contribution in [2.24, 2.45) is 0 Å².